The highest BCUT2D eigenvalue weighted by Gasteiger charge is 2.28. The van der Waals surface area contributed by atoms with E-state index < -0.39 is 0 Å². The van der Waals surface area contributed by atoms with E-state index in [1.165, 1.54) is 18.2 Å². The minimum atomic E-state index is -0.313. The van der Waals surface area contributed by atoms with Crippen molar-refractivity contribution in [3.05, 3.63) is 109 Å². The van der Waals surface area contributed by atoms with Crippen molar-refractivity contribution < 1.29 is 14.0 Å². The van der Waals surface area contributed by atoms with Gasteiger partial charge in [0.05, 0.1) is 16.8 Å². The smallest absolute Gasteiger partial charge is 0.253 e. The summed E-state index contributed by atoms with van der Waals surface area (Å²) in [4.78, 5) is 38.4. The first-order chi connectivity index (χ1) is 21.8. The number of pyridine rings is 1. The SMILES string of the molecule is CN(C)C/C=C/C(=O)Nc1ccc(C(=O)N2CCC(Nc3nccc(-c4c(-c5ccc(F)cc5)nn5ccccc45)n3)C2)cc1. The normalized spacial score (nSPS) is 14.8. The van der Waals surface area contributed by atoms with Crippen LogP contribution >= 0.6 is 0 Å². The molecule has 0 spiro atoms. The molecule has 2 aromatic carbocycles. The summed E-state index contributed by atoms with van der Waals surface area (Å²) in [7, 11) is 3.86. The fraction of sp³-hybridized carbons (Fsp3) is 0.206. The van der Waals surface area contributed by atoms with Crippen molar-refractivity contribution >= 4 is 29.0 Å². The molecule has 0 radical (unpaired) electrons. The lowest BCUT2D eigenvalue weighted by Gasteiger charge is -2.17. The number of halogens is 1. The van der Waals surface area contributed by atoms with Gasteiger partial charge < -0.3 is 20.4 Å². The van der Waals surface area contributed by atoms with Crippen molar-refractivity contribution in [3.63, 3.8) is 0 Å². The van der Waals surface area contributed by atoms with E-state index in [0.29, 0.717) is 48.2 Å². The van der Waals surface area contributed by atoms with Crippen LogP contribution in [0.2, 0.25) is 0 Å². The van der Waals surface area contributed by atoms with E-state index in [9.17, 15) is 14.0 Å². The van der Waals surface area contributed by atoms with E-state index >= 15 is 0 Å². The van der Waals surface area contributed by atoms with Gasteiger partial charge in [-0.3, -0.25) is 9.59 Å². The summed E-state index contributed by atoms with van der Waals surface area (Å²) in [6, 6.07) is 20.8. The average Bonchev–Trinajstić information content (AvgIpc) is 3.66. The molecule has 6 rings (SSSR count). The molecule has 228 valence electrons. The Bertz CT molecular complexity index is 1850. The number of rotatable bonds is 9. The summed E-state index contributed by atoms with van der Waals surface area (Å²) in [5.74, 6) is -0.157. The van der Waals surface area contributed by atoms with E-state index in [4.69, 9.17) is 10.1 Å². The predicted octanol–water partition coefficient (Wildman–Crippen LogP) is 4.98. The Morgan fingerprint density at radius 3 is 2.62 bits per heavy atom. The molecule has 5 aromatic rings. The maximum Gasteiger partial charge on any atom is 0.253 e. The second-order valence-electron chi connectivity index (χ2n) is 11.1. The molecule has 1 fully saturated rings. The zero-order valence-corrected chi connectivity index (χ0v) is 25.0. The second kappa shape index (κ2) is 13.1. The van der Waals surface area contributed by atoms with Crippen molar-refractivity contribution in [2.24, 2.45) is 0 Å². The van der Waals surface area contributed by atoms with Crippen LogP contribution in [0.4, 0.5) is 16.0 Å². The van der Waals surface area contributed by atoms with Crippen molar-refractivity contribution in [1.82, 2.24) is 29.4 Å². The number of carbonyl (C=O) groups is 2. The minimum Gasteiger partial charge on any atom is -0.350 e. The first kappa shape index (κ1) is 29.6. The van der Waals surface area contributed by atoms with Gasteiger partial charge in [0.2, 0.25) is 11.9 Å². The minimum absolute atomic E-state index is 0.0304. The van der Waals surface area contributed by atoms with Crippen LogP contribution in [0.1, 0.15) is 16.8 Å². The molecule has 1 unspecified atom stereocenters. The van der Waals surface area contributed by atoms with Gasteiger partial charge in [-0.2, -0.15) is 5.10 Å². The van der Waals surface area contributed by atoms with Gasteiger partial charge >= 0.3 is 0 Å². The highest BCUT2D eigenvalue weighted by atomic mass is 19.1. The largest absolute Gasteiger partial charge is 0.350 e. The van der Waals surface area contributed by atoms with Gasteiger partial charge in [-0.1, -0.05) is 12.1 Å². The molecule has 0 bridgehead atoms. The lowest BCUT2D eigenvalue weighted by molar-refractivity contribution is -0.111. The van der Waals surface area contributed by atoms with Crippen LogP contribution in [0.5, 0.6) is 0 Å². The monoisotopic (exact) mass is 604 g/mol. The third kappa shape index (κ3) is 6.89. The zero-order valence-electron chi connectivity index (χ0n) is 25.0. The highest BCUT2D eigenvalue weighted by molar-refractivity contribution is 6.00. The van der Waals surface area contributed by atoms with Crippen LogP contribution in [0.25, 0.3) is 28.0 Å². The van der Waals surface area contributed by atoms with Crippen molar-refractivity contribution in [3.8, 4) is 22.5 Å². The van der Waals surface area contributed by atoms with Gasteiger partial charge in [0.25, 0.3) is 5.91 Å². The summed E-state index contributed by atoms with van der Waals surface area (Å²) in [5.41, 5.74) is 5.01. The number of aromatic nitrogens is 4. The van der Waals surface area contributed by atoms with Gasteiger partial charge in [-0.05, 0) is 87.2 Å². The quantitative estimate of drug-likeness (QED) is 0.229. The van der Waals surface area contributed by atoms with Gasteiger partial charge in [-0.25, -0.2) is 18.9 Å². The number of anilines is 2. The number of nitrogens with zero attached hydrogens (tertiary/aromatic N) is 6. The Morgan fingerprint density at radius 1 is 1.04 bits per heavy atom. The first-order valence-electron chi connectivity index (χ1n) is 14.7. The van der Waals surface area contributed by atoms with Crippen LogP contribution in [0.15, 0.2) is 97.3 Å². The molecule has 4 heterocycles. The number of benzene rings is 2. The lowest BCUT2D eigenvalue weighted by Crippen LogP contribution is -2.31. The van der Waals surface area contributed by atoms with E-state index in [0.717, 1.165) is 23.1 Å². The number of hydrogen-bond acceptors (Lipinski definition) is 7. The van der Waals surface area contributed by atoms with Crippen LogP contribution in [0.3, 0.4) is 0 Å². The van der Waals surface area contributed by atoms with Gasteiger partial charge in [0, 0.05) is 61.0 Å². The topological polar surface area (TPSA) is 108 Å². The highest BCUT2D eigenvalue weighted by Crippen LogP contribution is 2.34. The molecular formula is C34H33FN8O2. The van der Waals surface area contributed by atoms with Crippen molar-refractivity contribution in [2.45, 2.75) is 12.5 Å². The van der Waals surface area contributed by atoms with Crippen LogP contribution in [0, 0.1) is 5.82 Å². The summed E-state index contributed by atoms with van der Waals surface area (Å²) in [5, 5.41) is 11.0. The van der Waals surface area contributed by atoms with E-state index in [1.807, 2.05) is 49.5 Å². The molecule has 45 heavy (non-hydrogen) atoms. The number of carbonyl (C=O) groups excluding carboxylic acids is 2. The standard InChI is InChI=1S/C34H33FN8O2/c1-41(2)19-5-7-30(44)37-26-14-10-24(11-15-26)33(45)42-21-17-27(22-42)38-34-36-18-16-28(39-34)31-29-6-3-4-20-43(29)40-32(31)23-8-12-25(35)13-9-23/h3-16,18,20,27H,17,19,21-22H2,1-2H3,(H,37,44)(H,36,38,39)/b7-5+. The number of nitrogens with one attached hydrogen (secondary N) is 2. The molecular weight excluding hydrogens is 571 g/mol. The molecule has 1 saturated heterocycles. The van der Waals surface area contributed by atoms with Crippen LogP contribution < -0.4 is 10.6 Å². The third-order valence-electron chi connectivity index (χ3n) is 7.52. The number of fused-ring (bicyclic) bond motifs is 1. The first-order valence-corrected chi connectivity index (χ1v) is 14.7. The predicted molar refractivity (Wildman–Crippen MR) is 172 cm³/mol. The molecule has 2 amide bonds. The van der Waals surface area contributed by atoms with Gasteiger partial charge in [-0.15, -0.1) is 0 Å². The molecule has 11 heteroatoms. The maximum atomic E-state index is 13.7. The Hall–Kier alpha value is -5.42. The molecule has 3 aromatic heterocycles. The molecule has 1 aliphatic heterocycles. The molecule has 10 nitrogen and oxygen atoms in total. The number of likely N-dealkylation sites (tertiary alicyclic amines) is 1. The Labute approximate surface area is 260 Å². The summed E-state index contributed by atoms with van der Waals surface area (Å²) < 4.78 is 15.5. The Kier molecular flexibility index (Phi) is 8.61. The maximum absolute atomic E-state index is 13.7. The second-order valence-corrected chi connectivity index (χ2v) is 11.1. The van der Waals surface area contributed by atoms with E-state index in [2.05, 4.69) is 15.6 Å². The summed E-state index contributed by atoms with van der Waals surface area (Å²) in [6.45, 7) is 1.76. The van der Waals surface area contributed by atoms with E-state index in [-0.39, 0.29) is 23.7 Å². The van der Waals surface area contributed by atoms with Crippen molar-refractivity contribution in [2.75, 3.05) is 44.4 Å². The lowest BCUT2D eigenvalue weighted by atomic mass is 10.0. The summed E-state index contributed by atoms with van der Waals surface area (Å²) >= 11 is 0. The van der Waals surface area contributed by atoms with Gasteiger partial charge in [0.15, 0.2) is 0 Å². The molecule has 0 aliphatic carbocycles. The summed E-state index contributed by atoms with van der Waals surface area (Å²) in [6.07, 6.45) is 7.59. The number of likely N-dealkylation sites (N-methyl/N-ethyl adjacent to an activating group) is 1. The zero-order chi connectivity index (χ0) is 31.3. The molecule has 1 aliphatic rings. The van der Waals surface area contributed by atoms with Crippen LogP contribution in [-0.4, -0.2) is 81.0 Å². The fourth-order valence-electron chi connectivity index (χ4n) is 5.31. The van der Waals surface area contributed by atoms with E-state index in [1.54, 1.807) is 58.1 Å². The molecule has 2 N–H and O–H groups in total. The Morgan fingerprint density at radius 2 is 1.84 bits per heavy atom. The average molecular weight is 605 g/mol. The van der Waals surface area contributed by atoms with Gasteiger partial charge in [0.1, 0.15) is 11.5 Å². The number of amides is 2. The third-order valence-corrected chi connectivity index (χ3v) is 7.52. The Balaban J connectivity index is 1.13. The fourth-order valence-corrected chi connectivity index (χ4v) is 5.31. The van der Waals surface area contributed by atoms with Crippen molar-refractivity contribution in [1.29, 1.82) is 0 Å². The number of hydrogen-bond donors (Lipinski definition) is 2. The molecule has 1 atom stereocenters. The van der Waals surface area contributed by atoms with Crippen LogP contribution in [-0.2, 0) is 4.79 Å². The molecule has 0 saturated carbocycles.